The minimum atomic E-state index is -3.76. The molecule has 0 atom stereocenters. The first-order chi connectivity index (χ1) is 13.8. The van der Waals surface area contributed by atoms with Crippen LogP contribution in [0.4, 0.5) is 0 Å². The standard InChI is InChI=1S/C18H16Br2N4O4S/c1-11-16(23-24(22-11)14-7-12(19)6-13(20)8-14)10-21-29(25,26)15-2-3-17-18(9-15)28-5-4-27-17/h2-3,6-9,21H,4-5,10H2,1H3. The Hall–Kier alpha value is -1.95. The van der Waals surface area contributed by atoms with Gasteiger partial charge in [-0.25, -0.2) is 13.1 Å². The molecule has 0 spiro atoms. The molecule has 1 N–H and O–H groups in total. The van der Waals surface area contributed by atoms with Gasteiger partial charge in [0.05, 0.1) is 22.8 Å². The fourth-order valence-electron chi connectivity index (χ4n) is 2.78. The van der Waals surface area contributed by atoms with Crippen molar-refractivity contribution in [2.45, 2.75) is 18.4 Å². The van der Waals surface area contributed by atoms with E-state index in [9.17, 15) is 8.42 Å². The highest BCUT2D eigenvalue weighted by molar-refractivity contribution is 9.11. The number of hydrogen-bond donors (Lipinski definition) is 1. The summed E-state index contributed by atoms with van der Waals surface area (Å²) in [6, 6.07) is 10.2. The molecule has 0 saturated heterocycles. The maximum absolute atomic E-state index is 12.7. The molecule has 0 saturated carbocycles. The lowest BCUT2D eigenvalue weighted by atomic mass is 10.3. The summed E-state index contributed by atoms with van der Waals surface area (Å²) in [6.45, 7) is 2.63. The van der Waals surface area contributed by atoms with Crippen molar-refractivity contribution >= 4 is 41.9 Å². The third-order valence-corrected chi connectivity index (χ3v) is 6.52. The summed E-state index contributed by atoms with van der Waals surface area (Å²) in [6.07, 6.45) is 0. The molecule has 0 bridgehead atoms. The summed E-state index contributed by atoms with van der Waals surface area (Å²) in [7, 11) is -3.76. The first kappa shape index (κ1) is 20.3. The van der Waals surface area contributed by atoms with Gasteiger partial charge in [-0.2, -0.15) is 15.0 Å². The van der Waals surface area contributed by atoms with Crippen molar-refractivity contribution in [1.82, 2.24) is 19.7 Å². The number of aromatic nitrogens is 3. The zero-order valence-electron chi connectivity index (χ0n) is 15.2. The van der Waals surface area contributed by atoms with E-state index in [0.717, 1.165) is 14.6 Å². The fraction of sp³-hybridized carbons (Fsp3) is 0.222. The van der Waals surface area contributed by atoms with Gasteiger partial charge in [-0.05, 0) is 37.3 Å². The van der Waals surface area contributed by atoms with Crippen molar-refractivity contribution in [1.29, 1.82) is 0 Å². The Bertz CT molecular complexity index is 1160. The van der Waals surface area contributed by atoms with E-state index in [1.54, 1.807) is 13.0 Å². The van der Waals surface area contributed by atoms with Crippen LogP contribution in [0.5, 0.6) is 11.5 Å². The van der Waals surface area contributed by atoms with E-state index in [1.165, 1.54) is 16.9 Å². The van der Waals surface area contributed by atoms with Crippen molar-refractivity contribution in [3.63, 3.8) is 0 Å². The van der Waals surface area contributed by atoms with Crippen molar-refractivity contribution in [3.05, 3.63) is 56.7 Å². The molecular formula is C18H16Br2N4O4S. The van der Waals surface area contributed by atoms with Gasteiger partial charge in [0.2, 0.25) is 10.0 Å². The van der Waals surface area contributed by atoms with Crippen LogP contribution in [0.2, 0.25) is 0 Å². The molecule has 4 rings (SSSR count). The van der Waals surface area contributed by atoms with Crippen molar-refractivity contribution < 1.29 is 17.9 Å². The molecule has 11 heteroatoms. The smallest absolute Gasteiger partial charge is 0.241 e. The molecule has 8 nitrogen and oxygen atoms in total. The lowest BCUT2D eigenvalue weighted by Gasteiger charge is -2.18. The molecule has 0 aliphatic carbocycles. The summed E-state index contributed by atoms with van der Waals surface area (Å²) in [5, 5.41) is 8.81. The number of sulfonamides is 1. The second-order valence-corrected chi connectivity index (χ2v) is 9.88. The average Bonchev–Trinajstić information content (AvgIpc) is 3.06. The van der Waals surface area contributed by atoms with E-state index >= 15 is 0 Å². The van der Waals surface area contributed by atoms with Crippen LogP contribution in [0.15, 0.2) is 50.2 Å². The summed E-state index contributed by atoms with van der Waals surface area (Å²) >= 11 is 6.87. The summed E-state index contributed by atoms with van der Waals surface area (Å²) in [4.78, 5) is 1.57. The first-order valence-electron chi connectivity index (χ1n) is 8.60. The monoisotopic (exact) mass is 542 g/mol. The van der Waals surface area contributed by atoms with Gasteiger partial charge in [-0.15, -0.1) is 0 Å². The van der Waals surface area contributed by atoms with Gasteiger partial charge in [0.15, 0.2) is 11.5 Å². The van der Waals surface area contributed by atoms with Crippen LogP contribution in [-0.2, 0) is 16.6 Å². The third kappa shape index (κ3) is 4.47. The molecule has 0 radical (unpaired) electrons. The fourth-order valence-corrected chi connectivity index (χ4v) is 5.05. The molecule has 0 unspecified atom stereocenters. The van der Waals surface area contributed by atoms with Gasteiger partial charge in [-0.1, -0.05) is 31.9 Å². The highest BCUT2D eigenvalue weighted by atomic mass is 79.9. The van der Waals surface area contributed by atoms with Crippen molar-refractivity contribution in [2.24, 2.45) is 0 Å². The van der Waals surface area contributed by atoms with E-state index in [4.69, 9.17) is 9.47 Å². The summed E-state index contributed by atoms with van der Waals surface area (Å²) in [5.74, 6) is 0.954. The van der Waals surface area contributed by atoms with Crippen molar-refractivity contribution in [3.8, 4) is 17.2 Å². The van der Waals surface area contributed by atoms with Crippen LogP contribution in [-0.4, -0.2) is 36.6 Å². The lowest BCUT2D eigenvalue weighted by molar-refractivity contribution is 0.171. The van der Waals surface area contributed by atoms with Crippen LogP contribution in [0, 0.1) is 6.92 Å². The SMILES string of the molecule is Cc1nn(-c2cc(Br)cc(Br)c2)nc1CNS(=O)(=O)c1ccc2c(c1)OCCO2. The molecule has 2 aromatic carbocycles. The Balaban J connectivity index is 1.53. The molecule has 1 aliphatic rings. The lowest BCUT2D eigenvalue weighted by Crippen LogP contribution is -2.24. The quantitative estimate of drug-likeness (QED) is 0.530. The topological polar surface area (TPSA) is 95.3 Å². The number of aryl methyl sites for hydroxylation is 1. The number of ether oxygens (including phenoxy) is 2. The van der Waals surface area contributed by atoms with Crippen LogP contribution in [0.3, 0.4) is 0 Å². The van der Waals surface area contributed by atoms with Crippen LogP contribution < -0.4 is 14.2 Å². The second kappa shape index (κ2) is 8.05. The van der Waals surface area contributed by atoms with Gasteiger partial charge in [-0.3, -0.25) is 0 Å². The third-order valence-electron chi connectivity index (χ3n) is 4.21. The molecule has 1 aromatic heterocycles. The van der Waals surface area contributed by atoms with E-state index in [2.05, 4.69) is 46.8 Å². The minimum Gasteiger partial charge on any atom is -0.486 e. The number of benzene rings is 2. The predicted molar refractivity (Wildman–Crippen MR) is 113 cm³/mol. The van der Waals surface area contributed by atoms with Gasteiger partial charge in [0, 0.05) is 15.0 Å². The molecular weight excluding hydrogens is 528 g/mol. The largest absolute Gasteiger partial charge is 0.486 e. The Morgan fingerprint density at radius 3 is 2.45 bits per heavy atom. The summed E-state index contributed by atoms with van der Waals surface area (Å²) in [5.41, 5.74) is 1.91. The molecule has 0 amide bonds. The Morgan fingerprint density at radius 1 is 1.03 bits per heavy atom. The highest BCUT2D eigenvalue weighted by Gasteiger charge is 2.20. The number of halogens is 2. The number of rotatable bonds is 5. The molecule has 0 fully saturated rings. The van der Waals surface area contributed by atoms with Crippen LogP contribution in [0.25, 0.3) is 5.69 Å². The first-order valence-corrected chi connectivity index (χ1v) is 11.7. The van der Waals surface area contributed by atoms with Gasteiger partial charge < -0.3 is 9.47 Å². The van der Waals surface area contributed by atoms with Crippen molar-refractivity contribution in [2.75, 3.05) is 13.2 Å². The zero-order chi connectivity index (χ0) is 20.6. The number of fused-ring (bicyclic) bond motifs is 1. The predicted octanol–water partition coefficient (Wildman–Crippen LogP) is 3.35. The summed E-state index contributed by atoms with van der Waals surface area (Å²) < 4.78 is 40.6. The second-order valence-electron chi connectivity index (χ2n) is 6.28. The highest BCUT2D eigenvalue weighted by Crippen LogP contribution is 2.32. The van der Waals surface area contributed by atoms with Crippen LogP contribution in [0.1, 0.15) is 11.4 Å². The van der Waals surface area contributed by atoms with Gasteiger partial charge >= 0.3 is 0 Å². The normalized spacial score (nSPS) is 13.5. The number of nitrogens with zero attached hydrogens (tertiary/aromatic N) is 3. The number of nitrogens with one attached hydrogen (secondary N) is 1. The maximum Gasteiger partial charge on any atom is 0.241 e. The van der Waals surface area contributed by atoms with E-state index in [-0.39, 0.29) is 11.4 Å². The van der Waals surface area contributed by atoms with E-state index < -0.39 is 10.0 Å². The van der Waals surface area contributed by atoms with E-state index in [0.29, 0.717) is 36.1 Å². The van der Waals surface area contributed by atoms with Gasteiger partial charge in [0.1, 0.15) is 18.9 Å². The molecule has 3 aromatic rings. The molecule has 152 valence electrons. The molecule has 29 heavy (non-hydrogen) atoms. The Kier molecular flexibility index (Phi) is 5.65. The van der Waals surface area contributed by atoms with E-state index in [1.807, 2.05) is 18.2 Å². The Morgan fingerprint density at radius 2 is 1.72 bits per heavy atom. The number of hydrogen-bond acceptors (Lipinski definition) is 6. The zero-order valence-corrected chi connectivity index (χ0v) is 19.2. The average molecular weight is 544 g/mol. The maximum atomic E-state index is 12.7. The molecule has 1 aliphatic heterocycles. The molecule has 2 heterocycles. The Labute approximate surface area is 184 Å². The minimum absolute atomic E-state index is 0.0117. The van der Waals surface area contributed by atoms with Gasteiger partial charge in [0.25, 0.3) is 0 Å². The van der Waals surface area contributed by atoms with Crippen LogP contribution >= 0.6 is 31.9 Å².